The van der Waals surface area contributed by atoms with Gasteiger partial charge in [-0.05, 0) is 45.9 Å². The Balaban J connectivity index is 2.00. The van der Waals surface area contributed by atoms with Crippen LogP contribution in [-0.4, -0.2) is 41.9 Å². The number of nitrogens with zero attached hydrogens (tertiary/aromatic N) is 3. The lowest BCUT2D eigenvalue weighted by Crippen LogP contribution is -2.30. The molecule has 172 valence electrons. The summed E-state index contributed by atoms with van der Waals surface area (Å²) in [6, 6.07) is 4.03. The molecule has 3 rings (SSSR count). The van der Waals surface area contributed by atoms with Crippen molar-refractivity contribution in [2.45, 2.75) is 32.6 Å². The number of halogens is 2. The van der Waals surface area contributed by atoms with E-state index in [0.29, 0.717) is 46.1 Å². The molecule has 11 heteroatoms. The van der Waals surface area contributed by atoms with Crippen LogP contribution in [0.5, 0.6) is 0 Å². The van der Waals surface area contributed by atoms with Gasteiger partial charge in [0.2, 0.25) is 0 Å². The van der Waals surface area contributed by atoms with Crippen LogP contribution in [-0.2, 0) is 17.1 Å². The molecule has 0 fully saturated rings. The number of hydrogen-bond acceptors (Lipinski definition) is 5. The molecule has 1 aromatic carbocycles. The van der Waals surface area contributed by atoms with Gasteiger partial charge in [0.05, 0.1) is 17.1 Å². The van der Waals surface area contributed by atoms with E-state index < -0.39 is 21.7 Å². The number of anilines is 1. The van der Waals surface area contributed by atoms with Gasteiger partial charge in [-0.2, -0.15) is 0 Å². The maximum Gasteiger partial charge on any atom is 0.265 e. The second-order valence-corrected chi connectivity index (χ2v) is 9.83. The fourth-order valence-electron chi connectivity index (χ4n) is 3.28. The summed E-state index contributed by atoms with van der Waals surface area (Å²) in [6.07, 6.45) is 0. The summed E-state index contributed by atoms with van der Waals surface area (Å²) in [4.78, 5) is 19.4. The fourth-order valence-corrected chi connectivity index (χ4v) is 5.72. The van der Waals surface area contributed by atoms with E-state index in [1.165, 1.54) is 17.4 Å². The maximum atomic E-state index is 14.0. The molecule has 32 heavy (non-hydrogen) atoms. The Kier molecular flexibility index (Phi) is 6.70. The van der Waals surface area contributed by atoms with Gasteiger partial charge in [0.1, 0.15) is 26.4 Å². The van der Waals surface area contributed by atoms with Crippen LogP contribution < -0.4 is 4.72 Å². The number of benzene rings is 1. The number of amides is 1. The number of rotatable bonds is 7. The Morgan fingerprint density at radius 2 is 1.84 bits per heavy atom. The Bertz CT molecular complexity index is 1280. The van der Waals surface area contributed by atoms with Crippen LogP contribution in [0.2, 0.25) is 0 Å². The highest BCUT2D eigenvalue weighted by Gasteiger charge is 2.26. The van der Waals surface area contributed by atoms with Crippen molar-refractivity contribution >= 4 is 33.0 Å². The van der Waals surface area contributed by atoms with Crippen molar-refractivity contribution in [3.63, 3.8) is 0 Å². The van der Waals surface area contributed by atoms with Crippen molar-refractivity contribution < 1.29 is 22.0 Å². The Morgan fingerprint density at radius 3 is 2.44 bits per heavy atom. The molecule has 0 aliphatic rings. The number of sulfonamides is 1. The summed E-state index contributed by atoms with van der Waals surface area (Å²) in [6.45, 7) is 8.28. The van der Waals surface area contributed by atoms with E-state index >= 15 is 0 Å². The number of thiazole rings is 1. The lowest BCUT2D eigenvalue weighted by molar-refractivity contribution is 0.0777. The first-order chi connectivity index (χ1) is 15.0. The molecule has 1 N–H and O–H groups in total. The van der Waals surface area contributed by atoms with Crippen LogP contribution in [0.1, 0.15) is 34.9 Å². The number of aromatic nitrogens is 2. The molecule has 2 heterocycles. The zero-order chi connectivity index (χ0) is 23.8. The van der Waals surface area contributed by atoms with Crippen molar-refractivity contribution in [2.24, 2.45) is 7.05 Å². The minimum Gasteiger partial charge on any atom is -0.345 e. The van der Waals surface area contributed by atoms with E-state index in [0.717, 1.165) is 12.1 Å². The highest BCUT2D eigenvalue weighted by atomic mass is 32.2. The molecule has 2 aromatic heterocycles. The van der Waals surface area contributed by atoms with Crippen LogP contribution in [0.4, 0.5) is 14.5 Å². The van der Waals surface area contributed by atoms with Crippen molar-refractivity contribution in [1.29, 1.82) is 0 Å². The molecule has 0 bridgehead atoms. The second kappa shape index (κ2) is 8.99. The van der Waals surface area contributed by atoms with Gasteiger partial charge >= 0.3 is 0 Å². The molecule has 0 radical (unpaired) electrons. The quantitative estimate of drug-likeness (QED) is 0.543. The molecule has 0 unspecified atom stereocenters. The van der Waals surface area contributed by atoms with E-state index in [1.54, 1.807) is 30.4 Å². The summed E-state index contributed by atoms with van der Waals surface area (Å²) in [7, 11) is -2.48. The first kappa shape index (κ1) is 23.9. The van der Waals surface area contributed by atoms with Gasteiger partial charge in [-0.25, -0.2) is 22.2 Å². The maximum absolute atomic E-state index is 14.0. The Labute approximate surface area is 189 Å². The van der Waals surface area contributed by atoms with Gasteiger partial charge in [0.25, 0.3) is 15.9 Å². The predicted molar refractivity (Wildman–Crippen MR) is 120 cm³/mol. The number of aryl methyl sites for hydroxylation is 1. The third kappa shape index (κ3) is 4.40. The van der Waals surface area contributed by atoms with E-state index in [9.17, 15) is 22.0 Å². The smallest absolute Gasteiger partial charge is 0.265 e. The van der Waals surface area contributed by atoms with E-state index in [4.69, 9.17) is 0 Å². The third-order valence-electron chi connectivity index (χ3n) is 5.21. The second-order valence-electron chi connectivity index (χ2n) is 7.18. The first-order valence-electron chi connectivity index (χ1n) is 9.91. The highest BCUT2D eigenvalue weighted by Crippen LogP contribution is 2.33. The van der Waals surface area contributed by atoms with Crippen molar-refractivity contribution in [3.8, 4) is 10.7 Å². The number of carbonyl (C=O) groups excluding carboxylic acids is 1. The molecule has 7 nitrogen and oxygen atoms in total. The van der Waals surface area contributed by atoms with Crippen LogP contribution in [0.3, 0.4) is 0 Å². The molecule has 0 atom stereocenters. The number of hydrogen-bond donors (Lipinski definition) is 1. The van der Waals surface area contributed by atoms with Crippen LogP contribution in [0.25, 0.3) is 10.7 Å². The van der Waals surface area contributed by atoms with E-state index in [-0.39, 0.29) is 16.5 Å². The normalized spacial score (nSPS) is 11.6. The molecular weight excluding hydrogens is 458 g/mol. The monoisotopic (exact) mass is 482 g/mol. The van der Waals surface area contributed by atoms with Crippen LogP contribution in [0.15, 0.2) is 29.2 Å². The highest BCUT2D eigenvalue weighted by molar-refractivity contribution is 7.92. The summed E-state index contributed by atoms with van der Waals surface area (Å²) in [5, 5.41) is 0.498. The lowest BCUT2D eigenvalue weighted by atomic mass is 10.3. The average Bonchev–Trinajstić information content (AvgIpc) is 3.25. The summed E-state index contributed by atoms with van der Waals surface area (Å²) in [5.74, 6) is -1.95. The standard InChI is InChI=1S/C21H24F2N4O3S2/c1-6-27(7-2)21(28)19-12(3)24-20(31-19)17-11-18(13(4)26(17)5)32(29,30)25-16-9-8-14(22)10-15(16)23/h8-11,25H,6-7H2,1-5H3. The molecular formula is C21H24F2N4O3S2. The largest absolute Gasteiger partial charge is 0.345 e. The molecule has 0 aliphatic heterocycles. The summed E-state index contributed by atoms with van der Waals surface area (Å²) < 4.78 is 56.8. The van der Waals surface area contributed by atoms with Gasteiger partial charge < -0.3 is 9.47 Å². The van der Waals surface area contributed by atoms with Crippen LogP contribution in [0, 0.1) is 25.5 Å². The van der Waals surface area contributed by atoms with Gasteiger partial charge in [0.15, 0.2) is 0 Å². The van der Waals surface area contributed by atoms with Crippen molar-refractivity contribution in [2.75, 3.05) is 17.8 Å². The topological polar surface area (TPSA) is 84.3 Å². The first-order valence-corrected chi connectivity index (χ1v) is 12.2. The minimum atomic E-state index is -4.16. The molecule has 0 spiro atoms. The van der Waals surface area contributed by atoms with Gasteiger partial charge in [0, 0.05) is 31.9 Å². The molecule has 1 amide bonds. The number of carbonyl (C=O) groups is 1. The van der Waals surface area contributed by atoms with E-state index in [1.807, 2.05) is 13.8 Å². The fraction of sp³-hybridized carbons (Fsp3) is 0.333. The van der Waals surface area contributed by atoms with Crippen molar-refractivity contribution in [1.82, 2.24) is 14.5 Å². The summed E-state index contributed by atoms with van der Waals surface area (Å²) in [5.41, 5.74) is 1.12. The van der Waals surface area contributed by atoms with Gasteiger partial charge in [-0.15, -0.1) is 11.3 Å². The Morgan fingerprint density at radius 1 is 1.19 bits per heavy atom. The molecule has 0 saturated carbocycles. The summed E-state index contributed by atoms with van der Waals surface area (Å²) >= 11 is 1.19. The third-order valence-corrected chi connectivity index (χ3v) is 7.86. The predicted octanol–water partition coefficient (Wildman–Crippen LogP) is 4.33. The molecule has 3 aromatic rings. The SMILES string of the molecule is CCN(CC)C(=O)c1sc(-c2cc(S(=O)(=O)Nc3ccc(F)cc3F)c(C)n2C)nc1C. The Hall–Kier alpha value is -2.79. The zero-order valence-corrected chi connectivity index (χ0v) is 20.0. The van der Waals surface area contributed by atoms with Crippen molar-refractivity contribution in [3.05, 3.63) is 52.2 Å². The minimum absolute atomic E-state index is 0.0665. The van der Waals surface area contributed by atoms with Gasteiger partial charge in [-0.3, -0.25) is 9.52 Å². The lowest BCUT2D eigenvalue weighted by Gasteiger charge is -2.17. The molecule has 0 saturated heterocycles. The van der Waals surface area contributed by atoms with Gasteiger partial charge in [-0.1, -0.05) is 0 Å². The average molecular weight is 483 g/mol. The zero-order valence-electron chi connectivity index (χ0n) is 18.4. The molecule has 0 aliphatic carbocycles. The van der Waals surface area contributed by atoms with E-state index in [2.05, 4.69) is 9.71 Å². The van der Waals surface area contributed by atoms with Crippen LogP contribution >= 0.6 is 11.3 Å². The number of nitrogens with one attached hydrogen (secondary N) is 1.